The van der Waals surface area contributed by atoms with Gasteiger partial charge in [0.05, 0.1) is 6.20 Å². The zero-order valence-electron chi connectivity index (χ0n) is 9.17. The molecule has 7 heteroatoms. The van der Waals surface area contributed by atoms with Gasteiger partial charge in [-0.15, -0.1) is 5.10 Å². The van der Waals surface area contributed by atoms with Crippen molar-refractivity contribution in [2.24, 2.45) is 0 Å². The molecule has 0 saturated carbocycles. The van der Waals surface area contributed by atoms with Crippen LogP contribution in [0.5, 0.6) is 0 Å². The third-order valence-corrected chi connectivity index (χ3v) is 2.09. The molecule has 1 rings (SSSR count). The Balaban J connectivity index is 2.44. The van der Waals surface area contributed by atoms with E-state index in [0.29, 0.717) is 25.1 Å². The van der Waals surface area contributed by atoms with Gasteiger partial charge in [-0.25, -0.2) is 0 Å². The highest BCUT2D eigenvalue weighted by Crippen LogP contribution is 2.27. The molecule has 0 bridgehead atoms. The summed E-state index contributed by atoms with van der Waals surface area (Å²) in [5.41, 5.74) is -0.538. The minimum atomic E-state index is -4.46. The van der Waals surface area contributed by atoms with Crippen LogP contribution in [0.3, 0.4) is 0 Å². The summed E-state index contributed by atoms with van der Waals surface area (Å²) >= 11 is 0. The number of aliphatic hydroxyl groups is 1. The third kappa shape index (κ3) is 5.10. The van der Waals surface area contributed by atoms with Gasteiger partial charge in [0.15, 0.2) is 5.69 Å². The fourth-order valence-corrected chi connectivity index (χ4v) is 1.24. The lowest BCUT2D eigenvalue weighted by atomic mass is 10.2. The Bertz CT molecular complexity index is 344. The third-order valence-electron chi connectivity index (χ3n) is 2.09. The topological polar surface area (TPSA) is 58.0 Å². The van der Waals surface area contributed by atoms with Crippen molar-refractivity contribution in [1.29, 1.82) is 0 Å². The average Bonchev–Trinajstić information content (AvgIpc) is 2.28. The van der Waals surface area contributed by atoms with Gasteiger partial charge in [-0.1, -0.05) is 0 Å². The van der Waals surface area contributed by atoms with Crippen molar-refractivity contribution in [3.8, 4) is 0 Å². The smallest absolute Gasteiger partial charge is 0.396 e. The summed E-state index contributed by atoms with van der Waals surface area (Å²) in [5, 5.41) is 17.9. The SMILES string of the molecule is OCCCCNCc1cnnc(C(F)(F)F)c1. The van der Waals surface area contributed by atoms with Crippen LogP contribution in [-0.2, 0) is 12.7 Å². The van der Waals surface area contributed by atoms with Gasteiger partial charge < -0.3 is 10.4 Å². The maximum absolute atomic E-state index is 12.3. The molecule has 0 amide bonds. The number of unbranched alkanes of at least 4 members (excludes halogenated alkanes) is 1. The van der Waals surface area contributed by atoms with Crippen LogP contribution < -0.4 is 5.32 Å². The van der Waals surface area contributed by atoms with E-state index in [0.717, 1.165) is 12.5 Å². The fraction of sp³-hybridized carbons (Fsp3) is 0.600. The zero-order chi connectivity index (χ0) is 12.7. The second kappa shape index (κ2) is 6.51. The van der Waals surface area contributed by atoms with E-state index in [4.69, 9.17) is 5.11 Å². The van der Waals surface area contributed by atoms with Crippen LogP contribution in [0.15, 0.2) is 12.3 Å². The number of hydrogen-bond donors (Lipinski definition) is 2. The van der Waals surface area contributed by atoms with Gasteiger partial charge in [-0.05, 0) is 31.0 Å². The van der Waals surface area contributed by atoms with E-state index in [2.05, 4.69) is 15.5 Å². The molecule has 1 aromatic heterocycles. The predicted molar refractivity (Wildman–Crippen MR) is 55.1 cm³/mol. The Morgan fingerprint density at radius 1 is 1.29 bits per heavy atom. The molecule has 0 aliphatic rings. The van der Waals surface area contributed by atoms with E-state index in [-0.39, 0.29) is 6.61 Å². The quantitative estimate of drug-likeness (QED) is 0.747. The van der Waals surface area contributed by atoms with Crippen molar-refractivity contribution in [1.82, 2.24) is 15.5 Å². The highest BCUT2D eigenvalue weighted by atomic mass is 19.4. The number of hydrogen-bond acceptors (Lipinski definition) is 4. The number of alkyl halides is 3. The summed E-state index contributed by atoms with van der Waals surface area (Å²) in [7, 11) is 0. The standard InChI is InChI=1S/C10H14F3N3O/c11-10(12,13)9-5-8(7-15-16-9)6-14-3-1-2-4-17/h5,7,14,17H,1-4,6H2. The van der Waals surface area contributed by atoms with Gasteiger partial charge in [-0.2, -0.15) is 18.3 Å². The highest BCUT2D eigenvalue weighted by molar-refractivity contribution is 5.14. The van der Waals surface area contributed by atoms with Gasteiger partial charge in [0, 0.05) is 13.2 Å². The molecule has 1 heterocycles. The number of nitrogens with zero attached hydrogens (tertiary/aromatic N) is 2. The lowest BCUT2D eigenvalue weighted by Gasteiger charge is -2.07. The average molecular weight is 249 g/mol. The molecule has 0 aromatic carbocycles. The van der Waals surface area contributed by atoms with Crippen LogP contribution in [0.25, 0.3) is 0 Å². The molecule has 0 spiro atoms. The molecule has 2 N–H and O–H groups in total. The minimum Gasteiger partial charge on any atom is -0.396 e. The summed E-state index contributed by atoms with van der Waals surface area (Å²) in [5.74, 6) is 0. The van der Waals surface area contributed by atoms with Crippen LogP contribution in [-0.4, -0.2) is 28.5 Å². The minimum absolute atomic E-state index is 0.122. The molecule has 17 heavy (non-hydrogen) atoms. The molecule has 0 aliphatic carbocycles. The molecule has 0 aliphatic heterocycles. The number of aliphatic hydroxyl groups excluding tert-OH is 1. The largest absolute Gasteiger partial charge is 0.435 e. The monoisotopic (exact) mass is 249 g/mol. The number of halogens is 3. The van der Waals surface area contributed by atoms with E-state index < -0.39 is 11.9 Å². The Labute approximate surface area is 96.9 Å². The molecule has 0 saturated heterocycles. The lowest BCUT2D eigenvalue weighted by molar-refractivity contribution is -0.141. The Hall–Kier alpha value is -1.21. The van der Waals surface area contributed by atoms with E-state index in [1.165, 1.54) is 6.20 Å². The Kier molecular flexibility index (Phi) is 5.30. The molecule has 0 atom stereocenters. The number of rotatable bonds is 6. The maximum atomic E-state index is 12.3. The molecular weight excluding hydrogens is 235 g/mol. The Morgan fingerprint density at radius 2 is 2.06 bits per heavy atom. The summed E-state index contributed by atoms with van der Waals surface area (Å²) in [6.45, 7) is 1.07. The van der Waals surface area contributed by atoms with Gasteiger partial charge in [-0.3, -0.25) is 0 Å². The van der Waals surface area contributed by atoms with Crippen LogP contribution in [0.4, 0.5) is 13.2 Å². The number of nitrogens with one attached hydrogen (secondary N) is 1. The predicted octanol–water partition coefficient (Wildman–Crippen LogP) is 1.36. The maximum Gasteiger partial charge on any atom is 0.435 e. The summed E-state index contributed by atoms with van der Waals surface area (Å²) in [4.78, 5) is 0. The molecule has 96 valence electrons. The summed E-state index contributed by atoms with van der Waals surface area (Å²) in [6, 6.07) is 0.978. The molecule has 4 nitrogen and oxygen atoms in total. The van der Waals surface area contributed by atoms with Crippen molar-refractivity contribution in [3.05, 3.63) is 23.5 Å². The molecule has 0 fully saturated rings. The first kappa shape index (κ1) is 13.9. The van der Waals surface area contributed by atoms with Crippen molar-refractivity contribution < 1.29 is 18.3 Å². The normalized spacial score (nSPS) is 11.8. The molecule has 0 unspecified atom stereocenters. The van der Waals surface area contributed by atoms with Gasteiger partial charge >= 0.3 is 6.18 Å². The van der Waals surface area contributed by atoms with E-state index >= 15 is 0 Å². The second-order valence-electron chi connectivity index (χ2n) is 3.55. The molecule has 0 radical (unpaired) electrons. The first-order valence-corrected chi connectivity index (χ1v) is 5.24. The lowest BCUT2D eigenvalue weighted by Crippen LogP contribution is -2.17. The van der Waals surface area contributed by atoms with Gasteiger partial charge in [0.1, 0.15) is 0 Å². The zero-order valence-corrected chi connectivity index (χ0v) is 9.17. The Morgan fingerprint density at radius 3 is 2.71 bits per heavy atom. The molecule has 1 aromatic rings. The van der Waals surface area contributed by atoms with E-state index in [1.54, 1.807) is 0 Å². The summed E-state index contributed by atoms with van der Waals surface area (Å²) < 4.78 is 36.9. The van der Waals surface area contributed by atoms with E-state index in [1.807, 2.05) is 0 Å². The first-order chi connectivity index (χ1) is 8.04. The van der Waals surface area contributed by atoms with Crippen LogP contribution >= 0.6 is 0 Å². The fourth-order valence-electron chi connectivity index (χ4n) is 1.24. The van der Waals surface area contributed by atoms with Gasteiger partial charge in [0.25, 0.3) is 0 Å². The van der Waals surface area contributed by atoms with Crippen LogP contribution in [0.1, 0.15) is 24.1 Å². The van der Waals surface area contributed by atoms with Crippen LogP contribution in [0.2, 0.25) is 0 Å². The number of aromatic nitrogens is 2. The van der Waals surface area contributed by atoms with Crippen molar-refractivity contribution >= 4 is 0 Å². The highest BCUT2D eigenvalue weighted by Gasteiger charge is 2.33. The van der Waals surface area contributed by atoms with Gasteiger partial charge in [0.2, 0.25) is 0 Å². The van der Waals surface area contributed by atoms with Crippen molar-refractivity contribution in [2.45, 2.75) is 25.6 Å². The van der Waals surface area contributed by atoms with Crippen molar-refractivity contribution in [2.75, 3.05) is 13.2 Å². The second-order valence-corrected chi connectivity index (χ2v) is 3.55. The van der Waals surface area contributed by atoms with Crippen molar-refractivity contribution in [3.63, 3.8) is 0 Å². The summed E-state index contributed by atoms with van der Waals surface area (Å²) in [6.07, 6.45) is -1.70. The first-order valence-electron chi connectivity index (χ1n) is 5.24. The molecular formula is C10H14F3N3O. The van der Waals surface area contributed by atoms with E-state index in [9.17, 15) is 13.2 Å². The van der Waals surface area contributed by atoms with Crippen LogP contribution in [0, 0.1) is 0 Å².